The first kappa shape index (κ1) is 12.0. The van der Waals surface area contributed by atoms with Gasteiger partial charge in [-0.1, -0.05) is 12.1 Å². The van der Waals surface area contributed by atoms with E-state index in [0.29, 0.717) is 6.47 Å². The number of aromatic nitrogens is 2. The lowest BCUT2D eigenvalue weighted by Gasteiger charge is -2.15. The molecule has 2 aromatic rings. The van der Waals surface area contributed by atoms with Crippen molar-refractivity contribution in [2.45, 2.75) is 5.92 Å². The number of benzene rings is 1. The molecule has 2 rings (SSSR count). The van der Waals surface area contributed by atoms with Crippen LogP contribution in [-0.4, -0.2) is 28.2 Å². The van der Waals surface area contributed by atoms with Crippen LogP contribution in [0.25, 0.3) is 0 Å². The fourth-order valence-corrected chi connectivity index (χ4v) is 1.74. The van der Waals surface area contributed by atoms with Crippen molar-refractivity contribution in [1.82, 2.24) is 9.97 Å². The van der Waals surface area contributed by atoms with Gasteiger partial charge >= 0.3 is 0 Å². The molecule has 0 spiro atoms. The summed E-state index contributed by atoms with van der Waals surface area (Å²) in [6.45, 7) is 0.570. The van der Waals surface area contributed by atoms with Crippen molar-refractivity contribution in [3.63, 3.8) is 0 Å². The standard InChI is InChI=1S/C13H12N2O3/c16-9-18-7-12(13-4-5-14-8-15-13)10-2-1-3-11(17)6-10/h1-6,8-9,12,17H,7H2. The molecule has 0 saturated heterocycles. The number of nitrogens with zero attached hydrogens (tertiary/aromatic N) is 2. The molecule has 1 heterocycles. The fraction of sp³-hybridized carbons (Fsp3) is 0.154. The van der Waals surface area contributed by atoms with E-state index >= 15 is 0 Å². The van der Waals surface area contributed by atoms with Gasteiger partial charge in [0.25, 0.3) is 6.47 Å². The average molecular weight is 244 g/mol. The van der Waals surface area contributed by atoms with Gasteiger partial charge < -0.3 is 9.84 Å². The Morgan fingerprint density at radius 1 is 1.39 bits per heavy atom. The van der Waals surface area contributed by atoms with Gasteiger partial charge in [-0.05, 0) is 23.8 Å². The Bertz CT molecular complexity index is 517. The molecule has 0 amide bonds. The SMILES string of the molecule is O=COCC(c1cccc(O)c1)c1ccncn1. The molecule has 92 valence electrons. The van der Waals surface area contributed by atoms with Crippen LogP contribution < -0.4 is 0 Å². The van der Waals surface area contributed by atoms with Gasteiger partial charge in [-0.15, -0.1) is 0 Å². The third-order valence-electron chi connectivity index (χ3n) is 2.57. The molecule has 0 fully saturated rings. The van der Waals surface area contributed by atoms with Gasteiger partial charge in [-0.25, -0.2) is 9.97 Å². The minimum atomic E-state index is -0.217. The number of carbonyl (C=O) groups is 1. The van der Waals surface area contributed by atoms with Gasteiger partial charge in [0.15, 0.2) is 0 Å². The lowest BCUT2D eigenvalue weighted by atomic mass is 9.96. The third-order valence-corrected chi connectivity index (χ3v) is 2.57. The van der Waals surface area contributed by atoms with E-state index in [4.69, 9.17) is 4.74 Å². The number of hydrogen-bond acceptors (Lipinski definition) is 5. The van der Waals surface area contributed by atoms with Gasteiger partial charge in [-0.2, -0.15) is 0 Å². The number of rotatable bonds is 5. The summed E-state index contributed by atoms with van der Waals surface area (Å²) in [4.78, 5) is 18.3. The predicted octanol–water partition coefficient (Wildman–Crippen LogP) is 1.49. The van der Waals surface area contributed by atoms with Crippen molar-refractivity contribution < 1.29 is 14.6 Å². The molecule has 1 aromatic heterocycles. The van der Waals surface area contributed by atoms with Crippen LogP contribution in [0.3, 0.4) is 0 Å². The molecule has 1 aromatic carbocycles. The molecule has 0 radical (unpaired) electrons. The Hall–Kier alpha value is -2.43. The topological polar surface area (TPSA) is 72.3 Å². The molecule has 1 unspecified atom stereocenters. The van der Waals surface area contributed by atoms with E-state index < -0.39 is 0 Å². The maximum Gasteiger partial charge on any atom is 0.293 e. The van der Waals surface area contributed by atoms with Crippen LogP contribution in [0.2, 0.25) is 0 Å². The second-order valence-corrected chi connectivity index (χ2v) is 3.71. The minimum Gasteiger partial charge on any atom is -0.508 e. The highest BCUT2D eigenvalue weighted by Crippen LogP contribution is 2.25. The van der Waals surface area contributed by atoms with Crippen LogP contribution >= 0.6 is 0 Å². The van der Waals surface area contributed by atoms with Crippen LogP contribution in [0.4, 0.5) is 0 Å². The first-order valence-corrected chi connectivity index (χ1v) is 5.41. The van der Waals surface area contributed by atoms with E-state index in [1.165, 1.54) is 6.33 Å². The summed E-state index contributed by atoms with van der Waals surface area (Å²) in [5, 5.41) is 9.49. The highest BCUT2D eigenvalue weighted by Gasteiger charge is 2.16. The third kappa shape index (κ3) is 2.82. The Morgan fingerprint density at radius 3 is 2.94 bits per heavy atom. The second-order valence-electron chi connectivity index (χ2n) is 3.71. The van der Waals surface area contributed by atoms with Crippen molar-refractivity contribution in [1.29, 1.82) is 0 Å². The predicted molar refractivity (Wildman–Crippen MR) is 64.0 cm³/mol. The van der Waals surface area contributed by atoms with Crippen LogP contribution in [0.5, 0.6) is 5.75 Å². The molecule has 5 heteroatoms. The Morgan fingerprint density at radius 2 is 2.28 bits per heavy atom. The van der Waals surface area contributed by atoms with Crippen molar-refractivity contribution in [2.24, 2.45) is 0 Å². The normalized spacial score (nSPS) is 11.8. The van der Waals surface area contributed by atoms with E-state index in [1.54, 1.807) is 30.5 Å². The quantitative estimate of drug-likeness (QED) is 0.807. The molecule has 1 atom stereocenters. The number of phenols is 1. The molecule has 0 aliphatic carbocycles. The van der Waals surface area contributed by atoms with Gasteiger partial charge in [0.2, 0.25) is 0 Å². The zero-order valence-corrected chi connectivity index (χ0v) is 9.56. The Kier molecular flexibility index (Phi) is 3.86. The Balaban J connectivity index is 2.33. The van der Waals surface area contributed by atoms with Crippen molar-refractivity contribution >= 4 is 6.47 Å². The smallest absolute Gasteiger partial charge is 0.293 e. The summed E-state index contributed by atoms with van der Waals surface area (Å²) in [6, 6.07) is 8.55. The minimum absolute atomic E-state index is 0.164. The first-order valence-electron chi connectivity index (χ1n) is 5.41. The number of hydrogen-bond donors (Lipinski definition) is 1. The van der Waals surface area contributed by atoms with Gasteiger partial charge in [0, 0.05) is 6.20 Å². The fourth-order valence-electron chi connectivity index (χ4n) is 1.74. The van der Waals surface area contributed by atoms with Crippen LogP contribution in [0.1, 0.15) is 17.2 Å². The molecule has 5 nitrogen and oxygen atoms in total. The molecule has 0 aliphatic rings. The molecule has 0 aliphatic heterocycles. The maximum absolute atomic E-state index is 10.3. The van der Waals surface area contributed by atoms with E-state index in [2.05, 4.69) is 9.97 Å². The number of aromatic hydroxyl groups is 1. The van der Waals surface area contributed by atoms with E-state index in [1.807, 2.05) is 6.07 Å². The summed E-state index contributed by atoms with van der Waals surface area (Å²) < 4.78 is 4.82. The van der Waals surface area contributed by atoms with E-state index in [-0.39, 0.29) is 18.3 Å². The summed E-state index contributed by atoms with van der Waals surface area (Å²) in [6.07, 6.45) is 3.06. The van der Waals surface area contributed by atoms with Crippen LogP contribution in [0, 0.1) is 0 Å². The highest BCUT2D eigenvalue weighted by molar-refractivity contribution is 5.39. The van der Waals surface area contributed by atoms with Gasteiger partial charge in [-0.3, -0.25) is 4.79 Å². The summed E-state index contributed by atoms with van der Waals surface area (Å²) in [7, 11) is 0. The zero-order valence-electron chi connectivity index (χ0n) is 9.56. The van der Waals surface area contributed by atoms with Crippen LogP contribution in [-0.2, 0) is 9.53 Å². The lowest BCUT2D eigenvalue weighted by molar-refractivity contribution is -0.128. The van der Waals surface area contributed by atoms with E-state index in [9.17, 15) is 9.90 Å². The molecule has 1 N–H and O–H groups in total. The number of carbonyl (C=O) groups excluding carboxylic acids is 1. The number of ether oxygens (including phenoxy) is 1. The number of phenolic OH excluding ortho intramolecular Hbond substituents is 1. The maximum atomic E-state index is 10.3. The molecular formula is C13H12N2O3. The summed E-state index contributed by atoms with van der Waals surface area (Å²) in [5.41, 5.74) is 1.56. The van der Waals surface area contributed by atoms with Gasteiger partial charge in [0.05, 0.1) is 11.6 Å². The Labute approximate surface area is 104 Å². The molecular weight excluding hydrogens is 232 g/mol. The first-order chi connectivity index (χ1) is 8.81. The van der Waals surface area contributed by atoms with Crippen molar-refractivity contribution in [3.8, 4) is 5.75 Å². The van der Waals surface area contributed by atoms with E-state index in [0.717, 1.165) is 11.3 Å². The zero-order chi connectivity index (χ0) is 12.8. The monoisotopic (exact) mass is 244 g/mol. The average Bonchev–Trinajstić information content (AvgIpc) is 2.40. The molecule has 0 saturated carbocycles. The highest BCUT2D eigenvalue weighted by atomic mass is 16.5. The summed E-state index contributed by atoms with van der Waals surface area (Å²) >= 11 is 0. The molecule has 18 heavy (non-hydrogen) atoms. The lowest BCUT2D eigenvalue weighted by Crippen LogP contribution is -2.10. The second kappa shape index (κ2) is 5.77. The largest absolute Gasteiger partial charge is 0.508 e. The van der Waals surface area contributed by atoms with Gasteiger partial charge in [0.1, 0.15) is 18.7 Å². The molecule has 0 bridgehead atoms. The van der Waals surface area contributed by atoms with Crippen LogP contribution in [0.15, 0.2) is 42.9 Å². The van der Waals surface area contributed by atoms with Crippen molar-refractivity contribution in [2.75, 3.05) is 6.61 Å². The van der Waals surface area contributed by atoms with Crippen molar-refractivity contribution in [3.05, 3.63) is 54.1 Å². The summed E-state index contributed by atoms with van der Waals surface area (Å²) in [5.74, 6) is -0.0528.